The first-order valence-electron chi connectivity index (χ1n) is 8.49. The molecule has 26 heavy (non-hydrogen) atoms. The van der Waals surface area contributed by atoms with Crippen molar-refractivity contribution < 1.29 is 4.74 Å². The summed E-state index contributed by atoms with van der Waals surface area (Å²) in [7, 11) is 1.67. The number of rotatable bonds is 7. The molecule has 3 heterocycles. The summed E-state index contributed by atoms with van der Waals surface area (Å²) >= 11 is 0. The standard InChI is InChI=1S/C19H20N6O/c1-26-14-16-11-19(25-18(23-16)8-10-21-25)20-9-7-15-12-22-24(13-15)17-5-3-2-4-6-17/h2-6,8,10-13,20H,7,9,14H2,1H3. The van der Waals surface area contributed by atoms with Crippen molar-refractivity contribution in [1.29, 1.82) is 0 Å². The lowest BCUT2D eigenvalue weighted by Gasteiger charge is -2.09. The van der Waals surface area contributed by atoms with E-state index in [9.17, 15) is 0 Å². The molecule has 0 saturated heterocycles. The third-order valence-electron chi connectivity index (χ3n) is 4.08. The molecule has 0 radical (unpaired) electrons. The Morgan fingerprint density at radius 2 is 2.00 bits per heavy atom. The molecular formula is C19H20N6O. The van der Waals surface area contributed by atoms with Crippen LogP contribution in [0.4, 0.5) is 5.82 Å². The highest BCUT2D eigenvalue weighted by Gasteiger charge is 2.07. The molecule has 4 rings (SSSR count). The third-order valence-corrected chi connectivity index (χ3v) is 4.08. The van der Waals surface area contributed by atoms with Gasteiger partial charge in [-0.15, -0.1) is 0 Å². The summed E-state index contributed by atoms with van der Waals surface area (Å²) < 4.78 is 8.89. The van der Waals surface area contributed by atoms with E-state index in [2.05, 4.69) is 26.7 Å². The number of anilines is 1. The minimum atomic E-state index is 0.472. The average molecular weight is 348 g/mol. The van der Waals surface area contributed by atoms with E-state index in [1.54, 1.807) is 17.8 Å². The topological polar surface area (TPSA) is 69.3 Å². The van der Waals surface area contributed by atoms with Crippen LogP contribution in [0.5, 0.6) is 0 Å². The van der Waals surface area contributed by atoms with Crippen LogP contribution in [0, 0.1) is 0 Å². The van der Waals surface area contributed by atoms with Gasteiger partial charge in [0, 0.05) is 32.0 Å². The van der Waals surface area contributed by atoms with Crippen molar-refractivity contribution in [2.75, 3.05) is 19.0 Å². The average Bonchev–Trinajstić information content (AvgIpc) is 3.32. The number of benzene rings is 1. The van der Waals surface area contributed by atoms with Gasteiger partial charge >= 0.3 is 0 Å². The Bertz CT molecular complexity index is 992. The zero-order valence-electron chi connectivity index (χ0n) is 14.5. The van der Waals surface area contributed by atoms with Crippen molar-refractivity contribution in [2.24, 2.45) is 0 Å². The normalized spacial score (nSPS) is 11.1. The van der Waals surface area contributed by atoms with Gasteiger partial charge in [0.1, 0.15) is 5.82 Å². The second-order valence-electron chi connectivity index (χ2n) is 5.97. The molecule has 0 unspecified atom stereocenters. The molecule has 0 bridgehead atoms. The van der Waals surface area contributed by atoms with E-state index in [0.29, 0.717) is 6.61 Å². The van der Waals surface area contributed by atoms with E-state index in [0.717, 1.165) is 35.8 Å². The van der Waals surface area contributed by atoms with E-state index in [-0.39, 0.29) is 0 Å². The molecule has 0 spiro atoms. The van der Waals surface area contributed by atoms with Crippen molar-refractivity contribution in [2.45, 2.75) is 13.0 Å². The molecule has 7 heteroatoms. The van der Waals surface area contributed by atoms with Gasteiger partial charge in [0.15, 0.2) is 5.65 Å². The molecule has 0 saturated carbocycles. The fourth-order valence-corrected chi connectivity index (χ4v) is 2.86. The summed E-state index contributed by atoms with van der Waals surface area (Å²) in [4.78, 5) is 4.51. The zero-order valence-corrected chi connectivity index (χ0v) is 14.5. The van der Waals surface area contributed by atoms with Gasteiger partial charge in [0.25, 0.3) is 0 Å². The fourth-order valence-electron chi connectivity index (χ4n) is 2.86. The lowest BCUT2D eigenvalue weighted by molar-refractivity contribution is 0.181. The van der Waals surface area contributed by atoms with Crippen molar-refractivity contribution >= 4 is 11.5 Å². The largest absolute Gasteiger partial charge is 0.378 e. The van der Waals surface area contributed by atoms with Gasteiger partial charge in [-0.25, -0.2) is 9.67 Å². The number of hydrogen-bond acceptors (Lipinski definition) is 5. The van der Waals surface area contributed by atoms with Crippen LogP contribution in [0.1, 0.15) is 11.3 Å². The summed E-state index contributed by atoms with van der Waals surface area (Å²) in [6, 6.07) is 13.9. The van der Waals surface area contributed by atoms with Gasteiger partial charge in [-0.05, 0) is 24.1 Å². The molecule has 0 aliphatic carbocycles. The maximum Gasteiger partial charge on any atom is 0.157 e. The van der Waals surface area contributed by atoms with Crippen molar-refractivity contribution in [3.63, 3.8) is 0 Å². The van der Waals surface area contributed by atoms with Gasteiger partial charge in [-0.2, -0.15) is 14.7 Å². The number of nitrogens with zero attached hydrogens (tertiary/aromatic N) is 5. The second kappa shape index (κ2) is 7.37. The third kappa shape index (κ3) is 3.43. The Hall–Kier alpha value is -3.19. The smallest absolute Gasteiger partial charge is 0.157 e. The number of nitrogens with one attached hydrogen (secondary N) is 1. The molecular weight excluding hydrogens is 328 g/mol. The maximum absolute atomic E-state index is 5.20. The Balaban J connectivity index is 1.44. The Labute approximate surface area is 151 Å². The summed E-state index contributed by atoms with van der Waals surface area (Å²) in [5.41, 5.74) is 3.91. The van der Waals surface area contributed by atoms with Crippen LogP contribution in [-0.4, -0.2) is 38.0 Å². The fraction of sp³-hybridized carbons (Fsp3) is 0.211. The van der Waals surface area contributed by atoms with Crippen LogP contribution in [0.25, 0.3) is 11.3 Å². The Morgan fingerprint density at radius 1 is 1.12 bits per heavy atom. The van der Waals surface area contributed by atoms with Gasteiger partial charge in [0.2, 0.25) is 0 Å². The molecule has 132 valence electrons. The van der Waals surface area contributed by atoms with Crippen LogP contribution in [0.2, 0.25) is 0 Å². The minimum absolute atomic E-state index is 0.472. The summed E-state index contributed by atoms with van der Waals surface area (Å²) in [6.07, 6.45) is 6.57. The number of methoxy groups -OCH3 is 1. The monoisotopic (exact) mass is 348 g/mol. The van der Waals surface area contributed by atoms with Crippen molar-refractivity contribution in [3.8, 4) is 5.69 Å². The highest BCUT2D eigenvalue weighted by Crippen LogP contribution is 2.14. The van der Waals surface area contributed by atoms with Gasteiger partial charge in [-0.3, -0.25) is 0 Å². The van der Waals surface area contributed by atoms with Crippen LogP contribution in [0.15, 0.2) is 61.1 Å². The van der Waals surface area contributed by atoms with Crippen LogP contribution in [-0.2, 0) is 17.8 Å². The van der Waals surface area contributed by atoms with E-state index in [1.807, 2.05) is 53.3 Å². The highest BCUT2D eigenvalue weighted by atomic mass is 16.5. The number of fused-ring (bicyclic) bond motifs is 1. The van der Waals surface area contributed by atoms with Gasteiger partial charge in [0.05, 0.1) is 30.4 Å². The minimum Gasteiger partial charge on any atom is -0.378 e. The molecule has 0 atom stereocenters. The first-order chi connectivity index (χ1) is 12.8. The summed E-state index contributed by atoms with van der Waals surface area (Å²) in [6.45, 7) is 1.24. The van der Waals surface area contributed by atoms with Crippen LogP contribution < -0.4 is 5.32 Å². The first kappa shape index (κ1) is 16.3. The van der Waals surface area contributed by atoms with Gasteiger partial charge in [-0.1, -0.05) is 18.2 Å². The molecule has 0 aliphatic rings. The zero-order chi connectivity index (χ0) is 17.8. The van der Waals surface area contributed by atoms with E-state index in [4.69, 9.17) is 4.74 Å². The Kier molecular flexibility index (Phi) is 4.61. The molecule has 1 aromatic carbocycles. The molecule has 3 aromatic heterocycles. The molecule has 7 nitrogen and oxygen atoms in total. The SMILES string of the molecule is COCc1cc(NCCc2cnn(-c3ccccc3)c2)n2nccc2n1. The maximum atomic E-state index is 5.20. The Morgan fingerprint density at radius 3 is 2.85 bits per heavy atom. The summed E-state index contributed by atoms with van der Waals surface area (Å²) in [5, 5.41) is 12.2. The van der Waals surface area contributed by atoms with E-state index < -0.39 is 0 Å². The molecule has 1 N–H and O–H groups in total. The number of aromatic nitrogens is 5. The van der Waals surface area contributed by atoms with Crippen LogP contribution in [0.3, 0.4) is 0 Å². The predicted octanol–water partition coefficient (Wildman–Crippen LogP) is 2.72. The quantitative estimate of drug-likeness (QED) is 0.556. The molecule has 0 aliphatic heterocycles. The van der Waals surface area contributed by atoms with Crippen molar-refractivity contribution in [1.82, 2.24) is 24.4 Å². The number of hydrogen-bond donors (Lipinski definition) is 1. The second-order valence-corrected chi connectivity index (χ2v) is 5.97. The lowest BCUT2D eigenvalue weighted by Crippen LogP contribution is -2.10. The summed E-state index contributed by atoms with van der Waals surface area (Å²) in [5.74, 6) is 0.905. The molecule has 0 fully saturated rings. The van der Waals surface area contributed by atoms with E-state index >= 15 is 0 Å². The molecule has 4 aromatic rings. The first-order valence-corrected chi connectivity index (χ1v) is 8.49. The van der Waals surface area contributed by atoms with E-state index in [1.165, 1.54) is 5.56 Å². The van der Waals surface area contributed by atoms with Gasteiger partial charge < -0.3 is 10.1 Å². The van der Waals surface area contributed by atoms with Crippen molar-refractivity contribution in [3.05, 3.63) is 72.3 Å². The predicted molar refractivity (Wildman–Crippen MR) is 99.5 cm³/mol. The molecule has 0 amide bonds. The number of para-hydroxylation sites is 1. The lowest BCUT2D eigenvalue weighted by atomic mass is 10.2. The van der Waals surface area contributed by atoms with Crippen LogP contribution >= 0.6 is 0 Å². The number of ether oxygens (including phenoxy) is 1. The highest BCUT2D eigenvalue weighted by molar-refractivity contribution is 5.49.